The Morgan fingerprint density at radius 1 is 0.773 bits per heavy atom. The molecule has 2 nitrogen and oxygen atoms in total. The number of halogens is 12. The van der Waals surface area contributed by atoms with Gasteiger partial charge in [0.05, 0.1) is 6.07 Å². The van der Waals surface area contributed by atoms with Gasteiger partial charge in [-0.15, -0.1) is 0 Å². The Hall–Kier alpha value is -1.68. The van der Waals surface area contributed by atoms with E-state index in [1.165, 1.54) is 6.92 Å². The Morgan fingerprint density at radius 2 is 1.05 bits per heavy atom. The maximum absolute atomic E-state index is 12.3. The minimum atomic E-state index is -7.61. The molecule has 0 aliphatic carbocycles. The molecule has 14 heteroatoms. The van der Waals surface area contributed by atoms with Crippen LogP contribution in [0.25, 0.3) is 0 Å². The molecular weight excluding hydrogens is 354 g/mol. The first-order chi connectivity index (χ1) is 9.32. The highest BCUT2D eigenvalue weighted by molar-refractivity contribution is 5.91. The van der Waals surface area contributed by atoms with Crippen molar-refractivity contribution < 1.29 is 57.5 Å². The number of hydrogen-bond donors (Lipinski definition) is 0. The molecule has 0 aliphatic rings. The van der Waals surface area contributed by atoms with Crippen molar-refractivity contribution in [2.75, 3.05) is 0 Å². The summed E-state index contributed by atoms with van der Waals surface area (Å²) in [5, 5.41) is 7.32. The summed E-state index contributed by atoms with van der Waals surface area (Å²) in [5.41, 5.74) is 0. The van der Waals surface area contributed by atoms with Gasteiger partial charge in [-0.2, -0.15) is 57.9 Å². The molecule has 0 atom stereocenters. The second-order valence-electron chi connectivity index (χ2n) is 3.27. The number of alkyl halides is 12. The van der Waals surface area contributed by atoms with E-state index in [-0.39, 0.29) is 0 Å². The van der Waals surface area contributed by atoms with Crippen LogP contribution in [0.5, 0.6) is 0 Å². The van der Waals surface area contributed by atoms with Crippen LogP contribution >= 0.6 is 0 Å². The molecule has 0 unspecified atom stereocenters. The smallest absolute Gasteiger partial charge is 0.282 e. The Bertz CT molecular complexity index is 440. The van der Waals surface area contributed by atoms with Crippen molar-refractivity contribution in [3.8, 4) is 6.07 Å². The van der Waals surface area contributed by atoms with Crippen molar-refractivity contribution in [2.45, 2.75) is 37.0 Å². The SMILES string of the molecule is CC#N.O=C(C(F)(F)F)C(F)(F)C(F)(F)C(F)(F)C(F)(F)F. The van der Waals surface area contributed by atoms with E-state index < -0.39 is 35.9 Å². The molecule has 22 heavy (non-hydrogen) atoms. The average molecular weight is 357 g/mol. The van der Waals surface area contributed by atoms with Gasteiger partial charge in [0.15, 0.2) is 0 Å². The zero-order valence-corrected chi connectivity index (χ0v) is 9.89. The molecule has 0 heterocycles. The first-order valence-electron chi connectivity index (χ1n) is 4.45. The third-order valence-corrected chi connectivity index (χ3v) is 1.69. The largest absolute Gasteiger partial charge is 0.460 e. The van der Waals surface area contributed by atoms with Gasteiger partial charge in [-0.3, -0.25) is 4.79 Å². The third-order valence-electron chi connectivity index (χ3n) is 1.69. The molecule has 0 aromatic heterocycles. The van der Waals surface area contributed by atoms with Crippen LogP contribution in [0.15, 0.2) is 0 Å². The van der Waals surface area contributed by atoms with Crippen molar-refractivity contribution >= 4 is 5.78 Å². The van der Waals surface area contributed by atoms with Crippen LogP contribution in [0.3, 0.4) is 0 Å². The molecular formula is C8H3F12NO. The summed E-state index contributed by atoms with van der Waals surface area (Å²) in [6.07, 6.45) is -14.0. The second kappa shape index (κ2) is 6.21. The molecule has 0 bridgehead atoms. The summed E-state index contributed by atoms with van der Waals surface area (Å²) in [6.45, 7) is 1.43. The second-order valence-corrected chi connectivity index (χ2v) is 3.27. The van der Waals surface area contributed by atoms with Gasteiger partial charge in [0.2, 0.25) is 0 Å². The van der Waals surface area contributed by atoms with Gasteiger partial charge in [0.25, 0.3) is 0 Å². The predicted molar refractivity (Wildman–Crippen MR) is 43.2 cm³/mol. The van der Waals surface area contributed by atoms with Crippen LogP contribution in [0.2, 0.25) is 0 Å². The number of Topliss-reactive ketones (excluding diaryl/α,β-unsaturated/α-hetero) is 1. The van der Waals surface area contributed by atoms with Crippen LogP contribution < -0.4 is 0 Å². The fourth-order valence-electron chi connectivity index (χ4n) is 0.696. The Balaban J connectivity index is 0. The predicted octanol–water partition coefficient (Wildman–Crippen LogP) is 4.12. The molecule has 0 radical (unpaired) electrons. The molecule has 0 saturated carbocycles. The number of hydrogen-bond acceptors (Lipinski definition) is 2. The van der Waals surface area contributed by atoms with Crippen LogP contribution in [0.4, 0.5) is 52.7 Å². The summed E-state index contributed by atoms with van der Waals surface area (Å²) in [7, 11) is 0. The van der Waals surface area contributed by atoms with E-state index in [1.54, 1.807) is 6.07 Å². The lowest BCUT2D eigenvalue weighted by atomic mass is 10.00. The van der Waals surface area contributed by atoms with Crippen LogP contribution in [0, 0.1) is 11.3 Å². The topological polar surface area (TPSA) is 40.9 Å². The minimum Gasteiger partial charge on any atom is -0.282 e. The zero-order valence-electron chi connectivity index (χ0n) is 9.89. The summed E-state index contributed by atoms with van der Waals surface area (Å²) >= 11 is 0. The van der Waals surface area contributed by atoms with E-state index in [9.17, 15) is 57.5 Å². The maximum Gasteiger partial charge on any atom is 0.460 e. The van der Waals surface area contributed by atoms with Crippen molar-refractivity contribution in [1.29, 1.82) is 5.26 Å². The number of carbonyl (C=O) groups excluding carboxylic acids is 1. The Labute approximate surface area is 113 Å². The number of ketones is 1. The molecule has 0 spiro atoms. The fraction of sp³-hybridized carbons (Fsp3) is 0.750. The highest BCUT2D eigenvalue weighted by atomic mass is 19.4. The molecule has 0 saturated heterocycles. The quantitative estimate of drug-likeness (QED) is 0.713. The third kappa shape index (κ3) is 3.95. The van der Waals surface area contributed by atoms with Gasteiger partial charge >= 0.3 is 35.9 Å². The minimum absolute atomic E-state index is 1.43. The van der Waals surface area contributed by atoms with Crippen molar-refractivity contribution in [1.82, 2.24) is 0 Å². The Morgan fingerprint density at radius 3 is 1.23 bits per heavy atom. The van der Waals surface area contributed by atoms with Gasteiger partial charge in [-0.25, -0.2) is 0 Å². The van der Waals surface area contributed by atoms with Gasteiger partial charge in [-0.05, 0) is 0 Å². The molecule has 0 rings (SSSR count). The van der Waals surface area contributed by atoms with E-state index in [2.05, 4.69) is 0 Å². The molecule has 0 aromatic rings. The monoisotopic (exact) mass is 357 g/mol. The summed E-state index contributed by atoms with van der Waals surface area (Å²) in [5.74, 6) is -27.1. The average Bonchev–Trinajstić information content (AvgIpc) is 2.25. The van der Waals surface area contributed by atoms with E-state index in [4.69, 9.17) is 5.26 Å². The van der Waals surface area contributed by atoms with Crippen molar-refractivity contribution in [3.63, 3.8) is 0 Å². The van der Waals surface area contributed by atoms with E-state index in [1.807, 2.05) is 0 Å². The number of carbonyl (C=O) groups is 1. The van der Waals surface area contributed by atoms with Crippen molar-refractivity contribution in [2.24, 2.45) is 0 Å². The fourth-order valence-corrected chi connectivity index (χ4v) is 0.696. The standard InChI is InChI=1S/C6F12O.C2H3N/c7-2(8,1(19)3(9,10)11)4(12,13)5(14,15)6(16,17)18;1-2-3/h;1H3. The number of nitriles is 1. The highest BCUT2D eigenvalue weighted by Crippen LogP contribution is 2.54. The molecule has 0 amide bonds. The van der Waals surface area contributed by atoms with Crippen LogP contribution in [-0.2, 0) is 4.79 Å². The summed E-state index contributed by atoms with van der Waals surface area (Å²) in [6, 6.07) is 1.75. The van der Waals surface area contributed by atoms with Gasteiger partial charge in [-0.1, -0.05) is 0 Å². The normalized spacial score (nSPS) is 13.8. The van der Waals surface area contributed by atoms with Gasteiger partial charge < -0.3 is 0 Å². The summed E-state index contributed by atoms with van der Waals surface area (Å²) < 4.78 is 142. The number of nitrogens with zero attached hydrogens (tertiary/aromatic N) is 1. The lowest BCUT2D eigenvalue weighted by Gasteiger charge is -2.32. The van der Waals surface area contributed by atoms with E-state index >= 15 is 0 Å². The van der Waals surface area contributed by atoms with Crippen molar-refractivity contribution in [3.05, 3.63) is 0 Å². The molecule has 0 aliphatic heterocycles. The molecule has 0 aromatic carbocycles. The highest BCUT2D eigenvalue weighted by Gasteiger charge is 2.85. The van der Waals surface area contributed by atoms with Crippen LogP contribution in [0.1, 0.15) is 6.92 Å². The number of rotatable bonds is 3. The van der Waals surface area contributed by atoms with Gasteiger partial charge in [0.1, 0.15) is 0 Å². The summed E-state index contributed by atoms with van der Waals surface area (Å²) in [4.78, 5) is 9.85. The van der Waals surface area contributed by atoms with Crippen LogP contribution in [-0.4, -0.2) is 35.9 Å². The lowest BCUT2D eigenvalue weighted by molar-refractivity contribution is -0.390. The van der Waals surface area contributed by atoms with E-state index in [0.717, 1.165) is 0 Å². The molecule has 0 N–H and O–H groups in total. The molecule has 0 fully saturated rings. The Kier molecular flexibility index (Phi) is 6.38. The van der Waals surface area contributed by atoms with E-state index in [0.29, 0.717) is 0 Å². The zero-order chi connectivity index (χ0) is 18.8. The lowest BCUT2D eigenvalue weighted by Crippen LogP contribution is -2.65. The first-order valence-corrected chi connectivity index (χ1v) is 4.45. The molecule has 130 valence electrons. The maximum atomic E-state index is 12.3. The van der Waals surface area contributed by atoms with Gasteiger partial charge in [0, 0.05) is 6.92 Å². The first kappa shape index (κ1) is 22.6.